The molecule has 3 aromatic heterocycles. The van der Waals surface area contributed by atoms with Gasteiger partial charge in [0.15, 0.2) is 5.65 Å². The Balaban J connectivity index is 1.92. The summed E-state index contributed by atoms with van der Waals surface area (Å²) in [6.45, 7) is 0. The molecule has 0 unspecified atom stereocenters. The average Bonchev–Trinajstić information content (AvgIpc) is 3.10. The van der Waals surface area contributed by atoms with E-state index in [2.05, 4.69) is 9.97 Å². The van der Waals surface area contributed by atoms with Crippen LogP contribution in [-0.2, 0) is 7.05 Å². The van der Waals surface area contributed by atoms with Gasteiger partial charge in [-0.1, -0.05) is 6.07 Å². The van der Waals surface area contributed by atoms with E-state index in [1.165, 1.54) is 0 Å². The number of nitrogens with zero attached hydrogens (tertiary/aromatic N) is 4. The number of carboxylic acid groups (broad SMARTS) is 1. The van der Waals surface area contributed by atoms with Crippen molar-refractivity contribution in [2.45, 2.75) is 0 Å². The lowest BCUT2D eigenvalue weighted by Crippen LogP contribution is -1.99. The molecular weight excluding hydrogens is 280 g/mol. The first-order valence-corrected chi connectivity index (χ1v) is 6.76. The fraction of sp³-hybridized carbons (Fsp3) is 0.0625. The Morgan fingerprint density at radius 1 is 1.27 bits per heavy atom. The highest BCUT2D eigenvalue weighted by atomic mass is 16.4. The number of carboxylic acids is 1. The predicted octanol–water partition coefficient (Wildman–Crippen LogP) is 2.59. The summed E-state index contributed by atoms with van der Waals surface area (Å²) in [5, 5.41) is 9.24. The largest absolute Gasteiger partial charge is 0.478 e. The fourth-order valence-electron chi connectivity index (χ4n) is 2.61. The second-order valence-electron chi connectivity index (χ2n) is 5.14. The Hall–Kier alpha value is -3.15. The zero-order valence-corrected chi connectivity index (χ0v) is 11.8. The normalized spacial score (nSPS) is 11.3. The van der Waals surface area contributed by atoms with Crippen molar-refractivity contribution in [2.24, 2.45) is 7.05 Å². The molecule has 4 rings (SSSR count). The molecule has 4 aromatic rings. The number of rotatable bonds is 2. The molecule has 1 N–H and O–H groups in total. The summed E-state index contributed by atoms with van der Waals surface area (Å²) in [6.07, 6.45) is 5.38. The van der Waals surface area contributed by atoms with Gasteiger partial charge < -0.3 is 14.1 Å². The predicted molar refractivity (Wildman–Crippen MR) is 81.9 cm³/mol. The van der Waals surface area contributed by atoms with Crippen LogP contribution in [0.4, 0.5) is 0 Å². The lowest BCUT2D eigenvalue weighted by molar-refractivity contribution is 0.0698. The topological polar surface area (TPSA) is 72.4 Å². The van der Waals surface area contributed by atoms with Crippen LogP contribution in [0.25, 0.3) is 27.9 Å². The van der Waals surface area contributed by atoms with E-state index in [1.54, 1.807) is 29.1 Å². The van der Waals surface area contributed by atoms with Crippen molar-refractivity contribution in [3.8, 4) is 11.3 Å². The summed E-state index contributed by atoms with van der Waals surface area (Å²) in [5.74, 6) is -0.983. The van der Waals surface area contributed by atoms with Crippen LogP contribution in [0.15, 0.2) is 49.1 Å². The summed E-state index contributed by atoms with van der Waals surface area (Å²) >= 11 is 0. The molecule has 0 aliphatic heterocycles. The van der Waals surface area contributed by atoms with Crippen molar-refractivity contribution in [1.29, 1.82) is 0 Å². The Bertz CT molecular complexity index is 1030. The van der Waals surface area contributed by atoms with E-state index in [4.69, 9.17) is 0 Å². The number of imidazole rings is 2. The van der Waals surface area contributed by atoms with Crippen molar-refractivity contribution in [3.05, 3.63) is 54.6 Å². The third-order valence-electron chi connectivity index (χ3n) is 3.73. The lowest BCUT2D eigenvalue weighted by atomic mass is 10.1. The molecule has 0 aliphatic rings. The van der Waals surface area contributed by atoms with E-state index >= 15 is 0 Å². The molecule has 0 spiro atoms. The standard InChI is InChI=1S/C16H12N4O2/c1-19-9-17-12-7-10(4-5-14(12)19)13-8-20-6-2-3-11(16(21)22)15(20)18-13/h2-9H,1H3,(H,21,22). The van der Waals surface area contributed by atoms with Gasteiger partial charge in [0.1, 0.15) is 5.56 Å². The molecule has 0 bridgehead atoms. The molecule has 108 valence electrons. The second-order valence-corrected chi connectivity index (χ2v) is 5.14. The van der Waals surface area contributed by atoms with Crippen molar-refractivity contribution in [3.63, 3.8) is 0 Å². The van der Waals surface area contributed by atoms with E-state index in [0.717, 1.165) is 22.3 Å². The summed E-state index contributed by atoms with van der Waals surface area (Å²) < 4.78 is 3.67. The summed E-state index contributed by atoms with van der Waals surface area (Å²) in [6, 6.07) is 9.16. The van der Waals surface area contributed by atoms with E-state index in [-0.39, 0.29) is 5.56 Å². The number of hydrogen-bond acceptors (Lipinski definition) is 3. The number of hydrogen-bond donors (Lipinski definition) is 1. The van der Waals surface area contributed by atoms with Crippen LogP contribution >= 0.6 is 0 Å². The summed E-state index contributed by atoms with van der Waals surface area (Å²) in [5.41, 5.74) is 4.18. The molecule has 6 heteroatoms. The van der Waals surface area contributed by atoms with Gasteiger partial charge in [0.05, 0.1) is 23.1 Å². The Morgan fingerprint density at radius 3 is 2.95 bits per heavy atom. The second kappa shape index (κ2) is 4.42. The third kappa shape index (κ3) is 1.77. The SMILES string of the molecule is Cn1cnc2cc(-c3cn4cccc(C(=O)O)c4n3)ccc21. The number of pyridine rings is 1. The average molecular weight is 292 g/mol. The number of aromatic nitrogens is 4. The minimum atomic E-state index is -0.983. The van der Waals surface area contributed by atoms with Crippen molar-refractivity contribution in [2.75, 3.05) is 0 Å². The van der Waals surface area contributed by atoms with Crippen LogP contribution in [0.2, 0.25) is 0 Å². The van der Waals surface area contributed by atoms with E-state index in [1.807, 2.05) is 36.0 Å². The van der Waals surface area contributed by atoms with Crippen LogP contribution < -0.4 is 0 Å². The smallest absolute Gasteiger partial charge is 0.339 e. The molecule has 0 atom stereocenters. The first-order valence-electron chi connectivity index (χ1n) is 6.76. The number of aryl methyl sites for hydroxylation is 1. The van der Waals surface area contributed by atoms with Crippen LogP contribution in [0, 0.1) is 0 Å². The highest BCUT2D eigenvalue weighted by Crippen LogP contribution is 2.24. The molecule has 0 saturated carbocycles. The monoisotopic (exact) mass is 292 g/mol. The van der Waals surface area contributed by atoms with Gasteiger partial charge >= 0.3 is 5.97 Å². The molecule has 0 aliphatic carbocycles. The minimum absolute atomic E-state index is 0.188. The Kier molecular flexibility index (Phi) is 2.53. The van der Waals surface area contributed by atoms with E-state index in [0.29, 0.717) is 5.65 Å². The molecule has 22 heavy (non-hydrogen) atoms. The van der Waals surface area contributed by atoms with Gasteiger partial charge in [0.25, 0.3) is 0 Å². The zero-order valence-electron chi connectivity index (χ0n) is 11.8. The molecule has 0 amide bonds. The quantitative estimate of drug-likeness (QED) is 0.616. The molecule has 6 nitrogen and oxygen atoms in total. The Labute approximate surface area is 125 Å². The van der Waals surface area contributed by atoms with Gasteiger partial charge in [0.2, 0.25) is 0 Å². The van der Waals surface area contributed by atoms with Gasteiger partial charge in [-0.05, 0) is 24.3 Å². The van der Waals surface area contributed by atoms with E-state index < -0.39 is 5.97 Å². The maximum Gasteiger partial charge on any atom is 0.339 e. The number of carbonyl (C=O) groups is 1. The molecular formula is C16H12N4O2. The number of fused-ring (bicyclic) bond motifs is 2. The molecule has 3 heterocycles. The molecule has 0 saturated heterocycles. The van der Waals surface area contributed by atoms with Gasteiger partial charge in [-0.15, -0.1) is 0 Å². The molecule has 1 aromatic carbocycles. The summed E-state index contributed by atoms with van der Waals surface area (Å²) in [4.78, 5) is 20.1. The fourth-order valence-corrected chi connectivity index (χ4v) is 2.61. The highest BCUT2D eigenvalue weighted by Gasteiger charge is 2.13. The van der Waals surface area contributed by atoms with Crippen LogP contribution in [0.5, 0.6) is 0 Å². The highest BCUT2D eigenvalue weighted by molar-refractivity contribution is 5.95. The molecule has 0 fully saturated rings. The molecule has 0 radical (unpaired) electrons. The zero-order chi connectivity index (χ0) is 15.3. The van der Waals surface area contributed by atoms with Crippen LogP contribution in [-0.4, -0.2) is 30.0 Å². The lowest BCUT2D eigenvalue weighted by Gasteiger charge is -1.98. The van der Waals surface area contributed by atoms with Crippen LogP contribution in [0.3, 0.4) is 0 Å². The first-order chi connectivity index (χ1) is 10.6. The van der Waals surface area contributed by atoms with Gasteiger partial charge in [0, 0.05) is 25.0 Å². The van der Waals surface area contributed by atoms with Crippen molar-refractivity contribution in [1.82, 2.24) is 18.9 Å². The third-order valence-corrected chi connectivity index (χ3v) is 3.73. The van der Waals surface area contributed by atoms with Crippen molar-refractivity contribution >= 4 is 22.6 Å². The first kappa shape index (κ1) is 12.6. The minimum Gasteiger partial charge on any atom is -0.478 e. The van der Waals surface area contributed by atoms with Gasteiger partial charge in [-0.3, -0.25) is 0 Å². The van der Waals surface area contributed by atoms with E-state index in [9.17, 15) is 9.90 Å². The maximum atomic E-state index is 11.3. The van der Waals surface area contributed by atoms with Crippen LogP contribution in [0.1, 0.15) is 10.4 Å². The Morgan fingerprint density at radius 2 is 2.14 bits per heavy atom. The van der Waals surface area contributed by atoms with Gasteiger partial charge in [-0.25, -0.2) is 14.8 Å². The maximum absolute atomic E-state index is 11.3. The van der Waals surface area contributed by atoms with Crippen molar-refractivity contribution < 1.29 is 9.90 Å². The number of aromatic carboxylic acids is 1. The summed E-state index contributed by atoms with van der Waals surface area (Å²) in [7, 11) is 1.94. The van der Waals surface area contributed by atoms with Gasteiger partial charge in [-0.2, -0.15) is 0 Å². The number of benzene rings is 1.